The third-order valence-electron chi connectivity index (χ3n) is 2.56. The van der Waals surface area contributed by atoms with Crippen LogP contribution in [0.1, 0.15) is 15.9 Å². The highest BCUT2D eigenvalue weighted by Crippen LogP contribution is 2.33. The Labute approximate surface area is 131 Å². The number of rotatable bonds is 4. The fourth-order valence-corrected chi connectivity index (χ4v) is 2.96. The highest BCUT2D eigenvalue weighted by atomic mass is 79.9. The zero-order chi connectivity index (χ0) is 14.7. The van der Waals surface area contributed by atoms with Gasteiger partial charge < -0.3 is 14.6 Å². The summed E-state index contributed by atoms with van der Waals surface area (Å²) in [5, 5.41) is 11.1. The Balaban J connectivity index is 2.30. The molecule has 0 radical (unpaired) electrons. The van der Waals surface area contributed by atoms with Crippen molar-refractivity contribution in [1.29, 1.82) is 0 Å². The normalized spacial score (nSPS) is 10.3. The molecule has 20 heavy (non-hydrogen) atoms. The maximum Gasteiger partial charge on any atom is 0.143 e. The molecular weight excluding hydrogens is 395 g/mol. The molecule has 3 nitrogen and oxygen atoms in total. The highest BCUT2D eigenvalue weighted by molar-refractivity contribution is 9.11. The van der Waals surface area contributed by atoms with E-state index in [9.17, 15) is 14.3 Å². The van der Waals surface area contributed by atoms with Crippen LogP contribution in [0.3, 0.4) is 0 Å². The molecular formula is C14H8Br2FO3-. The van der Waals surface area contributed by atoms with Gasteiger partial charge in [-0.2, -0.15) is 0 Å². The lowest BCUT2D eigenvalue weighted by molar-refractivity contribution is -0.255. The van der Waals surface area contributed by atoms with Gasteiger partial charge in [0.15, 0.2) is 0 Å². The lowest BCUT2D eigenvalue weighted by atomic mass is 10.2. The minimum atomic E-state index is -1.37. The average Bonchev–Trinajstić information content (AvgIpc) is 2.38. The fraction of sp³-hybridized carbons (Fsp3) is 0.0714. The van der Waals surface area contributed by atoms with Gasteiger partial charge in [0.25, 0.3) is 0 Å². The summed E-state index contributed by atoms with van der Waals surface area (Å²) in [7, 11) is 0. The first-order chi connectivity index (χ1) is 9.49. The summed E-state index contributed by atoms with van der Waals surface area (Å²) in [5.41, 5.74) is 0.231. The molecule has 0 aliphatic heterocycles. The molecule has 6 heteroatoms. The molecule has 0 fully saturated rings. The summed E-state index contributed by atoms with van der Waals surface area (Å²) in [6.07, 6.45) is 0. The van der Waals surface area contributed by atoms with Crippen molar-refractivity contribution in [1.82, 2.24) is 0 Å². The van der Waals surface area contributed by atoms with Crippen LogP contribution in [0, 0.1) is 5.82 Å². The molecule has 104 valence electrons. The summed E-state index contributed by atoms with van der Waals surface area (Å²) >= 11 is 6.40. The monoisotopic (exact) mass is 401 g/mol. The molecule has 0 spiro atoms. The van der Waals surface area contributed by atoms with E-state index in [4.69, 9.17) is 4.74 Å². The Morgan fingerprint density at radius 3 is 2.60 bits per heavy atom. The fourth-order valence-electron chi connectivity index (χ4n) is 1.62. The third kappa shape index (κ3) is 3.37. The van der Waals surface area contributed by atoms with Crippen LogP contribution in [-0.4, -0.2) is 5.97 Å². The number of carboxylic acid groups (broad SMARTS) is 1. The summed E-state index contributed by atoms with van der Waals surface area (Å²) in [6, 6.07) is 9.15. The molecule has 0 bridgehead atoms. The summed E-state index contributed by atoms with van der Waals surface area (Å²) in [4.78, 5) is 11.1. The number of hydrogen-bond acceptors (Lipinski definition) is 3. The number of carbonyl (C=O) groups is 1. The van der Waals surface area contributed by atoms with Crippen molar-refractivity contribution in [2.75, 3.05) is 0 Å². The standard InChI is InChI=1S/C14H9Br2FO3/c15-9-5-10(14(18)19)13(11(16)6-9)20-7-8-3-1-2-4-12(8)17/h1-6H,7H2,(H,18,19)/p-1. The molecule has 2 aromatic carbocycles. The first-order valence-electron chi connectivity index (χ1n) is 5.55. The van der Waals surface area contributed by atoms with E-state index in [0.717, 1.165) is 0 Å². The van der Waals surface area contributed by atoms with Gasteiger partial charge in [0.2, 0.25) is 0 Å². The average molecular weight is 403 g/mol. The van der Waals surface area contributed by atoms with Crippen molar-refractivity contribution < 1.29 is 19.0 Å². The van der Waals surface area contributed by atoms with Crippen molar-refractivity contribution in [3.63, 3.8) is 0 Å². The Kier molecular flexibility index (Phi) is 4.77. The van der Waals surface area contributed by atoms with E-state index in [1.807, 2.05) is 0 Å². The van der Waals surface area contributed by atoms with Gasteiger partial charge >= 0.3 is 0 Å². The van der Waals surface area contributed by atoms with Crippen LogP contribution in [-0.2, 0) is 6.61 Å². The molecule has 2 rings (SSSR count). The quantitative estimate of drug-likeness (QED) is 0.788. The first-order valence-corrected chi connectivity index (χ1v) is 7.14. The minimum absolute atomic E-state index is 0.0762. The Bertz CT molecular complexity index is 659. The van der Waals surface area contributed by atoms with Crippen molar-refractivity contribution in [2.24, 2.45) is 0 Å². The summed E-state index contributed by atoms with van der Waals surface area (Å²) in [6.45, 7) is -0.0762. The number of halogens is 3. The zero-order valence-electron chi connectivity index (χ0n) is 10.0. The molecule has 2 aromatic rings. The number of carbonyl (C=O) groups excluding carboxylic acids is 1. The van der Waals surface area contributed by atoms with Gasteiger partial charge in [-0.25, -0.2) is 4.39 Å². The maximum atomic E-state index is 13.5. The third-order valence-corrected chi connectivity index (χ3v) is 3.61. The molecule has 0 saturated carbocycles. The van der Waals surface area contributed by atoms with Crippen LogP contribution in [0.5, 0.6) is 5.75 Å². The van der Waals surface area contributed by atoms with Crippen LogP contribution in [0.4, 0.5) is 4.39 Å². The van der Waals surface area contributed by atoms with Crippen LogP contribution < -0.4 is 9.84 Å². The number of hydrogen-bond donors (Lipinski definition) is 0. The SMILES string of the molecule is O=C([O-])c1cc(Br)cc(Br)c1OCc1ccccc1F. The predicted molar refractivity (Wildman–Crippen MR) is 76.9 cm³/mol. The number of benzene rings is 2. The molecule has 0 N–H and O–H groups in total. The van der Waals surface area contributed by atoms with E-state index in [0.29, 0.717) is 14.5 Å². The number of aromatic carboxylic acids is 1. The van der Waals surface area contributed by atoms with Gasteiger partial charge in [0.1, 0.15) is 18.2 Å². The zero-order valence-corrected chi connectivity index (χ0v) is 13.2. The molecule has 0 aliphatic carbocycles. The second-order valence-corrected chi connectivity index (χ2v) is 5.70. The van der Waals surface area contributed by atoms with Gasteiger partial charge in [-0.15, -0.1) is 0 Å². The molecule has 0 saturated heterocycles. The topological polar surface area (TPSA) is 49.4 Å². The lowest BCUT2D eigenvalue weighted by Crippen LogP contribution is -2.23. The second-order valence-electron chi connectivity index (χ2n) is 3.93. The second kappa shape index (κ2) is 6.37. The first kappa shape index (κ1) is 15.0. The maximum absolute atomic E-state index is 13.5. The Hall–Kier alpha value is -1.40. The lowest BCUT2D eigenvalue weighted by Gasteiger charge is -2.15. The van der Waals surface area contributed by atoms with E-state index in [2.05, 4.69) is 31.9 Å². The van der Waals surface area contributed by atoms with Gasteiger partial charge in [-0.1, -0.05) is 34.1 Å². The molecule has 0 heterocycles. The van der Waals surface area contributed by atoms with E-state index < -0.39 is 11.8 Å². The molecule has 0 atom stereocenters. The van der Waals surface area contributed by atoms with E-state index in [1.54, 1.807) is 24.3 Å². The van der Waals surface area contributed by atoms with Crippen molar-refractivity contribution in [3.05, 3.63) is 62.3 Å². The molecule has 0 unspecified atom stereocenters. The van der Waals surface area contributed by atoms with E-state index in [1.165, 1.54) is 12.1 Å². The Morgan fingerprint density at radius 2 is 1.95 bits per heavy atom. The van der Waals surface area contributed by atoms with E-state index in [-0.39, 0.29) is 17.9 Å². The number of carboxylic acids is 1. The molecule has 0 amide bonds. The molecule has 0 aliphatic rings. The van der Waals surface area contributed by atoms with Gasteiger partial charge in [0, 0.05) is 15.6 Å². The number of ether oxygens (including phenoxy) is 1. The van der Waals surface area contributed by atoms with Crippen molar-refractivity contribution >= 4 is 37.8 Å². The van der Waals surface area contributed by atoms with Crippen LogP contribution in [0.15, 0.2) is 45.3 Å². The van der Waals surface area contributed by atoms with E-state index >= 15 is 0 Å². The summed E-state index contributed by atoms with van der Waals surface area (Å²) < 4.78 is 19.9. The van der Waals surface area contributed by atoms with Crippen LogP contribution in [0.2, 0.25) is 0 Å². The van der Waals surface area contributed by atoms with Gasteiger partial charge in [0.05, 0.1) is 10.4 Å². The van der Waals surface area contributed by atoms with Crippen LogP contribution in [0.25, 0.3) is 0 Å². The Morgan fingerprint density at radius 1 is 1.25 bits per heavy atom. The minimum Gasteiger partial charge on any atom is -0.545 e. The summed E-state index contributed by atoms with van der Waals surface area (Å²) in [5.74, 6) is -1.66. The predicted octanol–water partition coefficient (Wildman–Crippen LogP) is 3.29. The smallest absolute Gasteiger partial charge is 0.143 e. The van der Waals surface area contributed by atoms with Gasteiger partial charge in [-0.3, -0.25) is 0 Å². The van der Waals surface area contributed by atoms with Crippen LogP contribution >= 0.6 is 31.9 Å². The van der Waals surface area contributed by atoms with Crippen molar-refractivity contribution in [2.45, 2.75) is 6.61 Å². The largest absolute Gasteiger partial charge is 0.545 e. The highest BCUT2D eigenvalue weighted by Gasteiger charge is 2.12. The van der Waals surface area contributed by atoms with Crippen molar-refractivity contribution in [3.8, 4) is 5.75 Å². The molecule has 0 aromatic heterocycles. The van der Waals surface area contributed by atoms with Gasteiger partial charge in [-0.05, 0) is 34.1 Å².